The highest BCUT2D eigenvalue weighted by molar-refractivity contribution is 7.89. The molecule has 0 bridgehead atoms. The SMILES string of the molecule is CCCCS(=O)(=O)N(CCN(C)C)CC(=O)O. The van der Waals surface area contributed by atoms with Crippen LogP contribution in [0.4, 0.5) is 0 Å². The summed E-state index contributed by atoms with van der Waals surface area (Å²) in [6.45, 7) is 2.17. The highest BCUT2D eigenvalue weighted by atomic mass is 32.2. The summed E-state index contributed by atoms with van der Waals surface area (Å²) in [5.41, 5.74) is 0. The van der Waals surface area contributed by atoms with Gasteiger partial charge in [-0.2, -0.15) is 4.31 Å². The molecule has 1 N–H and O–H groups in total. The van der Waals surface area contributed by atoms with Crippen molar-refractivity contribution in [3.63, 3.8) is 0 Å². The number of aliphatic carboxylic acids is 1. The van der Waals surface area contributed by atoms with Gasteiger partial charge in [-0.15, -0.1) is 0 Å². The standard InChI is InChI=1S/C10H22N2O4S/c1-4-5-8-17(15,16)12(9-10(13)14)7-6-11(2)3/h4-9H2,1-3H3,(H,13,14). The topological polar surface area (TPSA) is 77.9 Å². The Hall–Kier alpha value is -0.660. The van der Waals surface area contributed by atoms with E-state index in [1.54, 1.807) is 0 Å². The molecule has 0 aromatic carbocycles. The number of likely N-dealkylation sites (N-methyl/N-ethyl adjacent to an activating group) is 1. The first kappa shape index (κ1) is 16.3. The lowest BCUT2D eigenvalue weighted by Crippen LogP contribution is -2.41. The van der Waals surface area contributed by atoms with Gasteiger partial charge in [-0.3, -0.25) is 4.79 Å². The first-order valence-electron chi connectivity index (χ1n) is 5.64. The summed E-state index contributed by atoms with van der Waals surface area (Å²) in [5.74, 6) is -1.10. The number of sulfonamides is 1. The number of unbranched alkanes of at least 4 members (excludes halogenated alkanes) is 1. The molecule has 0 fully saturated rings. The van der Waals surface area contributed by atoms with E-state index in [1.165, 1.54) is 0 Å². The van der Waals surface area contributed by atoms with Gasteiger partial charge in [-0.1, -0.05) is 13.3 Å². The summed E-state index contributed by atoms with van der Waals surface area (Å²) >= 11 is 0. The van der Waals surface area contributed by atoms with Crippen molar-refractivity contribution in [2.24, 2.45) is 0 Å². The summed E-state index contributed by atoms with van der Waals surface area (Å²) in [6, 6.07) is 0. The molecule has 0 atom stereocenters. The van der Waals surface area contributed by atoms with Crippen molar-refractivity contribution in [3.05, 3.63) is 0 Å². The van der Waals surface area contributed by atoms with Crippen LogP contribution in [-0.2, 0) is 14.8 Å². The number of carboxylic acid groups (broad SMARTS) is 1. The van der Waals surface area contributed by atoms with Gasteiger partial charge < -0.3 is 10.0 Å². The monoisotopic (exact) mass is 266 g/mol. The maximum absolute atomic E-state index is 11.9. The molecule has 6 nitrogen and oxygen atoms in total. The molecule has 0 rings (SSSR count). The normalized spacial score (nSPS) is 12.3. The van der Waals surface area contributed by atoms with Crippen molar-refractivity contribution in [1.29, 1.82) is 0 Å². The van der Waals surface area contributed by atoms with E-state index >= 15 is 0 Å². The fraction of sp³-hybridized carbons (Fsp3) is 0.900. The smallest absolute Gasteiger partial charge is 0.318 e. The molecule has 0 aromatic heterocycles. The molecule has 0 spiro atoms. The van der Waals surface area contributed by atoms with Crippen LogP contribution in [0.3, 0.4) is 0 Å². The van der Waals surface area contributed by atoms with E-state index in [2.05, 4.69) is 0 Å². The third-order valence-electron chi connectivity index (χ3n) is 2.26. The predicted molar refractivity (Wildman–Crippen MR) is 66.5 cm³/mol. The molecule has 0 radical (unpaired) electrons. The van der Waals surface area contributed by atoms with Gasteiger partial charge in [0.05, 0.1) is 5.75 Å². The Bertz CT molecular complexity index is 327. The molecule has 7 heteroatoms. The lowest BCUT2D eigenvalue weighted by atomic mass is 10.4. The molecule has 0 saturated carbocycles. The molecule has 0 saturated heterocycles. The minimum atomic E-state index is -3.45. The zero-order valence-electron chi connectivity index (χ0n) is 10.7. The van der Waals surface area contributed by atoms with E-state index in [9.17, 15) is 13.2 Å². The van der Waals surface area contributed by atoms with E-state index in [0.717, 1.165) is 10.7 Å². The second kappa shape index (κ2) is 7.62. The first-order valence-corrected chi connectivity index (χ1v) is 7.25. The Morgan fingerprint density at radius 2 is 1.82 bits per heavy atom. The van der Waals surface area contributed by atoms with Crippen molar-refractivity contribution < 1.29 is 18.3 Å². The lowest BCUT2D eigenvalue weighted by molar-refractivity contribution is -0.137. The molecule has 0 aliphatic carbocycles. The Kier molecular flexibility index (Phi) is 7.33. The van der Waals surface area contributed by atoms with Crippen LogP contribution in [0.2, 0.25) is 0 Å². The molecule has 0 heterocycles. The Balaban J connectivity index is 4.59. The van der Waals surface area contributed by atoms with Crippen LogP contribution in [0.5, 0.6) is 0 Å². The van der Waals surface area contributed by atoms with E-state index < -0.39 is 22.5 Å². The largest absolute Gasteiger partial charge is 0.480 e. The second-order valence-electron chi connectivity index (χ2n) is 4.20. The predicted octanol–water partition coefficient (Wildman–Crippen LogP) is 0.0645. The van der Waals surface area contributed by atoms with Gasteiger partial charge in [0, 0.05) is 13.1 Å². The van der Waals surface area contributed by atoms with E-state index in [1.807, 2.05) is 25.9 Å². The summed E-state index contributed by atoms with van der Waals surface area (Å²) < 4.78 is 24.8. The first-order chi connectivity index (χ1) is 7.79. The van der Waals surface area contributed by atoms with Crippen molar-refractivity contribution in [2.75, 3.05) is 39.5 Å². The van der Waals surface area contributed by atoms with Crippen LogP contribution < -0.4 is 0 Å². The molecular formula is C10H22N2O4S. The maximum Gasteiger partial charge on any atom is 0.318 e. The van der Waals surface area contributed by atoms with Crippen LogP contribution in [0.1, 0.15) is 19.8 Å². The average molecular weight is 266 g/mol. The van der Waals surface area contributed by atoms with Gasteiger partial charge in [0.1, 0.15) is 6.54 Å². The summed E-state index contributed by atoms with van der Waals surface area (Å²) in [4.78, 5) is 12.5. The van der Waals surface area contributed by atoms with Gasteiger partial charge in [0.2, 0.25) is 10.0 Å². The van der Waals surface area contributed by atoms with Gasteiger partial charge in [-0.05, 0) is 20.5 Å². The summed E-state index contributed by atoms with van der Waals surface area (Å²) in [5, 5.41) is 8.72. The molecule has 0 aromatic rings. The van der Waals surface area contributed by atoms with E-state index in [4.69, 9.17) is 5.11 Å². The lowest BCUT2D eigenvalue weighted by Gasteiger charge is -2.22. The Morgan fingerprint density at radius 3 is 2.24 bits per heavy atom. The number of carboxylic acids is 1. The minimum Gasteiger partial charge on any atom is -0.480 e. The van der Waals surface area contributed by atoms with Crippen LogP contribution in [-0.4, -0.2) is 68.2 Å². The van der Waals surface area contributed by atoms with Crippen molar-refractivity contribution in [2.45, 2.75) is 19.8 Å². The quantitative estimate of drug-likeness (QED) is 0.639. The zero-order chi connectivity index (χ0) is 13.5. The van der Waals surface area contributed by atoms with Crippen LogP contribution in [0.25, 0.3) is 0 Å². The van der Waals surface area contributed by atoms with E-state index in [-0.39, 0.29) is 12.3 Å². The Labute approximate surface area is 103 Å². The van der Waals surface area contributed by atoms with Gasteiger partial charge in [0.25, 0.3) is 0 Å². The molecule has 0 aliphatic rings. The number of hydrogen-bond acceptors (Lipinski definition) is 4. The van der Waals surface area contributed by atoms with Crippen LogP contribution in [0, 0.1) is 0 Å². The van der Waals surface area contributed by atoms with Crippen molar-refractivity contribution in [1.82, 2.24) is 9.21 Å². The fourth-order valence-electron chi connectivity index (χ4n) is 1.23. The number of rotatable bonds is 9. The molecule has 0 unspecified atom stereocenters. The summed E-state index contributed by atoms with van der Waals surface area (Å²) in [6.07, 6.45) is 1.33. The molecule has 17 heavy (non-hydrogen) atoms. The van der Waals surface area contributed by atoms with E-state index in [0.29, 0.717) is 13.0 Å². The zero-order valence-corrected chi connectivity index (χ0v) is 11.5. The highest BCUT2D eigenvalue weighted by Crippen LogP contribution is 2.05. The minimum absolute atomic E-state index is 0.0181. The van der Waals surface area contributed by atoms with Gasteiger partial charge in [-0.25, -0.2) is 8.42 Å². The molecule has 102 valence electrons. The second-order valence-corrected chi connectivity index (χ2v) is 6.29. The highest BCUT2D eigenvalue weighted by Gasteiger charge is 2.23. The van der Waals surface area contributed by atoms with Gasteiger partial charge >= 0.3 is 5.97 Å². The fourth-order valence-corrected chi connectivity index (χ4v) is 2.81. The van der Waals surface area contributed by atoms with Gasteiger partial charge in [0.15, 0.2) is 0 Å². The van der Waals surface area contributed by atoms with Crippen molar-refractivity contribution >= 4 is 16.0 Å². The summed E-state index contributed by atoms with van der Waals surface area (Å²) in [7, 11) is 0.185. The van der Waals surface area contributed by atoms with Crippen LogP contribution in [0.15, 0.2) is 0 Å². The molecule has 0 amide bonds. The number of carbonyl (C=O) groups is 1. The molecular weight excluding hydrogens is 244 g/mol. The van der Waals surface area contributed by atoms with Crippen molar-refractivity contribution in [3.8, 4) is 0 Å². The Morgan fingerprint density at radius 1 is 1.24 bits per heavy atom. The number of hydrogen-bond donors (Lipinski definition) is 1. The average Bonchev–Trinajstić information content (AvgIpc) is 2.20. The maximum atomic E-state index is 11.9. The number of nitrogens with zero attached hydrogens (tertiary/aromatic N) is 2. The third kappa shape index (κ3) is 7.30. The molecule has 0 aliphatic heterocycles. The van der Waals surface area contributed by atoms with Crippen LogP contribution >= 0.6 is 0 Å². The third-order valence-corrected chi connectivity index (χ3v) is 4.16.